The summed E-state index contributed by atoms with van der Waals surface area (Å²) >= 11 is 0. The molecule has 0 heterocycles. The van der Waals surface area contributed by atoms with Gasteiger partial charge >= 0.3 is 5.97 Å². The molecule has 5 nitrogen and oxygen atoms in total. The molecule has 170 valence electrons. The molecule has 0 radical (unpaired) electrons. The first-order valence-corrected chi connectivity index (χ1v) is 10.4. The maximum atomic E-state index is 13.9. The van der Waals surface area contributed by atoms with Crippen molar-refractivity contribution in [3.63, 3.8) is 0 Å². The minimum Gasteiger partial charge on any atom is -0.481 e. The summed E-state index contributed by atoms with van der Waals surface area (Å²) < 4.78 is 27.8. The largest absolute Gasteiger partial charge is 0.481 e. The summed E-state index contributed by atoms with van der Waals surface area (Å²) in [5, 5.41) is 12.2. The Labute approximate surface area is 185 Å². The van der Waals surface area contributed by atoms with Crippen molar-refractivity contribution in [2.45, 2.75) is 52.5 Å². The lowest BCUT2D eigenvalue weighted by atomic mass is 9.75. The van der Waals surface area contributed by atoms with Crippen molar-refractivity contribution in [1.82, 2.24) is 5.32 Å². The molecular formula is C25H27F2NO4. The van der Waals surface area contributed by atoms with Gasteiger partial charge in [0.2, 0.25) is 0 Å². The van der Waals surface area contributed by atoms with Crippen molar-refractivity contribution in [3.05, 3.63) is 70.8 Å². The van der Waals surface area contributed by atoms with Crippen molar-refractivity contribution in [2.75, 3.05) is 0 Å². The molecule has 1 saturated carbocycles. The highest BCUT2D eigenvalue weighted by molar-refractivity contribution is 6.06. The highest BCUT2D eigenvalue weighted by atomic mass is 19.1. The Hall–Kier alpha value is -3.09. The van der Waals surface area contributed by atoms with Gasteiger partial charge in [0.15, 0.2) is 5.78 Å². The standard InChI is InChI=1S/C25H27F2NO4/c1-23(2,3)25(22(31)32)13-16(25)14-9-11-15(12-10-14)20(29)24(4,5)28-21(30)19-17(26)7-6-8-18(19)27/h6-12,16H,13H2,1-5H3,(H,28,30)(H,31,32). The third kappa shape index (κ3) is 3.92. The minimum atomic E-state index is -1.43. The van der Waals surface area contributed by atoms with E-state index in [1.54, 1.807) is 24.3 Å². The van der Waals surface area contributed by atoms with Crippen LogP contribution in [0.3, 0.4) is 0 Å². The highest BCUT2D eigenvalue weighted by Gasteiger charge is 2.67. The molecule has 1 aliphatic rings. The maximum Gasteiger partial charge on any atom is 0.310 e. The number of halogens is 2. The Bertz CT molecular complexity index is 1070. The minimum absolute atomic E-state index is 0.152. The van der Waals surface area contributed by atoms with Gasteiger partial charge in [-0.1, -0.05) is 51.1 Å². The third-order valence-electron chi connectivity index (χ3n) is 6.44. The number of hydrogen-bond donors (Lipinski definition) is 2. The summed E-state index contributed by atoms with van der Waals surface area (Å²) in [5.74, 6) is -4.48. The third-order valence-corrected chi connectivity index (χ3v) is 6.44. The zero-order valence-corrected chi connectivity index (χ0v) is 18.8. The lowest BCUT2D eigenvalue weighted by Gasteiger charge is -2.28. The van der Waals surface area contributed by atoms with Gasteiger partial charge in [-0.2, -0.15) is 0 Å². The number of amides is 1. The van der Waals surface area contributed by atoms with Crippen molar-refractivity contribution < 1.29 is 28.3 Å². The predicted octanol–water partition coefficient (Wildman–Crippen LogP) is 4.96. The van der Waals surface area contributed by atoms with E-state index in [-0.39, 0.29) is 5.92 Å². The van der Waals surface area contributed by atoms with Crippen molar-refractivity contribution in [3.8, 4) is 0 Å². The number of hydrogen-bond acceptors (Lipinski definition) is 3. The number of carboxylic acid groups (broad SMARTS) is 1. The number of carbonyl (C=O) groups excluding carboxylic acids is 2. The topological polar surface area (TPSA) is 83.5 Å². The van der Waals surface area contributed by atoms with Crippen LogP contribution in [0.2, 0.25) is 0 Å². The fourth-order valence-corrected chi connectivity index (χ4v) is 4.40. The van der Waals surface area contributed by atoms with Crippen LogP contribution in [-0.2, 0) is 4.79 Å². The molecule has 2 unspecified atom stereocenters. The van der Waals surface area contributed by atoms with E-state index < -0.39 is 51.2 Å². The number of nitrogens with one attached hydrogen (secondary N) is 1. The Morgan fingerprint density at radius 3 is 1.94 bits per heavy atom. The number of aliphatic carboxylic acids is 1. The second-order valence-electron chi connectivity index (χ2n) is 9.91. The summed E-state index contributed by atoms with van der Waals surface area (Å²) in [6, 6.07) is 9.71. The Morgan fingerprint density at radius 2 is 1.50 bits per heavy atom. The smallest absolute Gasteiger partial charge is 0.310 e. The van der Waals surface area contributed by atoms with E-state index in [4.69, 9.17) is 0 Å². The molecule has 0 spiro atoms. The lowest BCUT2D eigenvalue weighted by molar-refractivity contribution is -0.148. The fourth-order valence-electron chi connectivity index (χ4n) is 4.40. The van der Waals surface area contributed by atoms with E-state index in [2.05, 4.69) is 5.32 Å². The second-order valence-corrected chi connectivity index (χ2v) is 9.91. The van der Waals surface area contributed by atoms with Crippen LogP contribution < -0.4 is 5.32 Å². The van der Waals surface area contributed by atoms with Gasteiger partial charge in [-0.3, -0.25) is 14.4 Å². The normalized spacial score (nSPS) is 20.5. The van der Waals surface area contributed by atoms with Crippen LogP contribution in [0.4, 0.5) is 8.78 Å². The quantitative estimate of drug-likeness (QED) is 0.618. The lowest BCUT2D eigenvalue weighted by Crippen LogP contribution is -2.50. The van der Waals surface area contributed by atoms with E-state index in [1.807, 2.05) is 20.8 Å². The number of carboxylic acids is 1. The van der Waals surface area contributed by atoms with Gasteiger partial charge in [-0.15, -0.1) is 0 Å². The number of rotatable bonds is 6. The van der Waals surface area contributed by atoms with Gasteiger partial charge in [0.25, 0.3) is 5.91 Å². The SMILES string of the molecule is CC(C)(NC(=O)c1c(F)cccc1F)C(=O)c1ccc(C2CC2(C(=O)O)C(C)(C)C)cc1. The average molecular weight is 443 g/mol. The first-order chi connectivity index (χ1) is 14.7. The molecule has 2 atom stereocenters. The number of ketones is 1. The number of Topliss-reactive ketones (excluding diaryl/α,β-unsaturated/α-hetero) is 1. The van der Waals surface area contributed by atoms with Crippen molar-refractivity contribution in [1.29, 1.82) is 0 Å². The maximum absolute atomic E-state index is 13.9. The van der Waals surface area contributed by atoms with Crippen LogP contribution in [0.5, 0.6) is 0 Å². The molecular weight excluding hydrogens is 416 g/mol. The molecule has 32 heavy (non-hydrogen) atoms. The highest BCUT2D eigenvalue weighted by Crippen LogP contribution is 2.68. The van der Waals surface area contributed by atoms with E-state index in [0.717, 1.165) is 23.8 Å². The van der Waals surface area contributed by atoms with E-state index in [1.165, 1.54) is 13.8 Å². The van der Waals surface area contributed by atoms with Crippen LogP contribution in [-0.4, -0.2) is 28.3 Å². The van der Waals surface area contributed by atoms with Crippen LogP contribution in [0, 0.1) is 22.5 Å². The molecule has 2 aromatic rings. The van der Waals surface area contributed by atoms with E-state index in [0.29, 0.717) is 12.0 Å². The van der Waals surface area contributed by atoms with Gasteiger partial charge in [0.1, 0.15) is 17.2 Å². The summed E-state index contributed by atoms with van der Waals surface area (Å²) in [7, 11) is 0. The van der Waals surface area contributed by atoms with Gasteiger partial charge in [0, 0.05) is 11.5 Å². The first kappa shape index (κ1) is 23.6. The van der Waals surface area contributed by atoms with Crippen LogP contribution in [0.25, 0.3) is 0 Å². The molecule has 7 heteroatoms. The molecule has 0 aliphatic heterocycles. The van der Waals surface area contributed by atoms with Gasteiger partial charge in [-0.05, 0) is 43.4 Å². The van der Waals surface area contributed by atoms with Crippen molar-refractivity contribution in [2.24, 2.45) is 10.8 Å². The van der Waals surface area contributed by atoms with Gasteiger partial charge in [0.05, 0.1) is 11.0 Å². The molecule has 1 fully saturated rings. The summed E-state index contributed by atoms with van der Waals surface area (Å²) in [4.78, 5) is 37.4. The molecule has 1 amide bonds. The van der Waals surface area contributed by atoms with E-state index >= 15 is 0 Å². The Morgan fingerprint density at radius 1 is 0.969 bits per heavy atom. The summed E-state index contributed by atoms with van der Waals surface area (Å²) in [6.07, 6.45) is 0.523. The molecule has 0 aromatic heterocycles. The van der Waals surface area contributed by atoms with Gasteiger partial charge < -0.3 is 10.4 Å². The second kappa shape index (κ2) is 7.80. The molecule has 0 bridgehead atoms. The summed E-state index contributed by atoms with van der Waals surface area (Å²) in [5.41, 5.74) is -2.32. The monoisotopic (exact) mass is 443 g/mol. The average Bonchev–Trinajstić information content (AvgIpc) is 3.44. The zero-order chi connectivity index (χ0) is 24.1. The molecule has 2 N–H and O–H groups in total. The van der Waals surface area contributed by atoms with Crippen molar-refractivity contribution >= 4 is 17.7 Å². The predicted molar refractivity (Wildman–Crippen MR) is 116 cm³/mol. The van der Waals surface area contributed by atoms with Crippen LogP contribution in [0.1, 0.15) is 73.2 Å². The van der Waals surface area contributed by atoms with Crippen LogP contribution in [0.15, 0.2) is 42.5 Å². The fraction of sp³-hybridized carbons (Fsp3) is 0.400. The first-order valence-electron chi connectivity index (χ1n) is 10.4. The zero-order valence-electron chi connectivity index (χ0n) is 18.8. The van der Waals surface area contributed by atoms with E-state index in [9.17, 15) is 28.3 Å². The Balaban J connectivity index is 1.78. The molecule has 0 saturated heterocycles. The Kier molecular flexibility index (Phi) is 5.74. The van der Waals surface area contributed by atoms with Gasteiger partial charge in [-0.25, -0.2) is 8.78 Å². The molecule has 1 aliphatic carbocycles. The summed E-state index contributed by atoms with van der Waals surface area (Å²) in [6.45, 7) is 8.62. The number of carbonyl (C=O) groups is 3. The van der Waals surface area contributed by atoms with Crippen LogP contribution >= 0.6 is 0 Å². The number of benzene rings is 2. The molecule has 3 rings (SSSR count). The molecule has 2 aromatic carbocycles.